The molecule has 2 heteroatoms. The van der Waals surface area contributed by atoms with Gasteiger partial charge >= 0.3 is 0 Å². The smallest absolute Gasteiger partial charge is 0.0762 e. The van der Waals surface area contributed by atoms with Gasteiger partial charge in [-0.15, -0.1) is 0 Å². The summed E-state index contributed by atoms with van der Waals surface area (Å²) in [6.07, 6.45) is 2.85. The zero-order chi connectivity index (χ0) is 10.5. The molecule has 2 nitrogen and oxygen atoms in total. The van der Waals surface area contributed by atoms with E-state index in [1.54, 1.807) is 0 Å². The Balaban J connectivity index is 2.15. The maximum Gasteiger partial charge on any atom is 0.0762 e. The molecular formula is C14H10N2. The van der Waals surface area contributed by atoms with Crippen molar-refractivity contribution < 1.29 is 0 Å². The number of fused-ring (bicyclic) bond motifs is 5. The number of benzene rings is 1. The first-order valence-corrected chi connectivity index (χ1v) is 5.47. The molecule has 0 unspecified atom stereocenters. The molecular weight excluding hydrogens is 196 g/mol. The number of pyridine rings is 1. The lowest BCUT2D eigenvalue weighted by atomic mass is 10.1. The third-order valence-electron chi connectivity index (χ3n) is 3.28. The minimum Gasteiger partial charge on any atom is -0.358 e. The number of rotatable bonds is 0. The fourth-order valence-corrected chi connectivity index (χ4v) is 2.60. The SMILES string of the molecule is c1cnc2c(c1)Cc1[nH]c3ccccc3c1-2. The molecule has 4 rings (SSSR count). The number of nitrogens with one attached hydrogen (secondary N) is 1. The Bertz CT molecular complexity index is 695. The number of para-hydroxylation sites is 1. The maximum atomic E-state index is 4.50. The summed E-state index contributed by atoms with van der Waals surface area (Å²) in [5, 5.41) is 1.29. The van der Waals surface area contributed by atoms with Crippen LogP contribution in [0.5, 0.6) is 0 Å². The Labute approximate surface area is 93.0 Å². The number of aromatic amines is 1. The standard InChI is InChI=1S/C14H10N2/c1-2-6-11-10(5-1)13-12(16-11)8-9-4-3-7-15-14(9)13/h1-7,16H,8H2. The summed E-state index contributed by atoms with van der Waals surface area (Å²) >= 11 is 0. The van der Waals surface area contributed by atoms with Crippen molar-refractivity contribution in [1.29, 1.82) is 0 Å². The van der Waals surface area contributed by atoms with E-state index in [1.165, 1.54) is 27.7 Å². The average Bonchev–Trinajstić information content (AvgIpc) is 2.83. The first kappa shape index (κ1) is 8.11. The van der Waals surface area contributed by atoms with Gasteiger partial charge in [0.05, 0.1) is 5.69 Å². The summed E-state index contributed by atoms with van der Waals surface area (Å²) in [5.41, 5.74) is 6.29. The van der Waals surface area contributed by atoms with Crippen molar-refractivity contribution in [2.75, 3.05) is 0 Å². The van der Waals surface area contributed by atoms with Gasteiger partial charge in [-0.3, -0.25) is 4.98 Å². The van der Waals surface area contributed by atoms with Crippen LogP contribution in [0.3, 0.4) is 0 Å². The van der Waals surface area contributed by atoms with Gasteiger partial charge in [-0.05, 0) is 17.7 Å². The second-order valence-corrected chi connectivity index (χ2v) is 4.21. The van der Waals surface area contributed by atoms with E-state index in [-0.39, 0.29) is 0 Å². The number of aromatic nitrogens is 2. The molecule has 3 aromatic rings. The summed E-state index contributed by atoms with van der Waals surface area (Å²) in [6.45, 7) is 0. The minimum absolute atomic E-state index is 0.979. The van der Waals surface area contributed by atoms with Crippen LogP contribution < -0.4 is 0 Å². The van der Waals surface area contributed by atoms with Crippen molar-refractivity contribution in [1.82, 2.24) is 9.97 Å². The quantitative estimate of drug-likeness (QED) is 0.470. The van der Waals surface area contributed by atoms with Crippen molar-refractivity contribution in [2.24, 2.45) is 0 Å². The normalized spacial score (nSPS) is 12.8. The van der Waals surface area contributed by atoms with Gasteiger partial charge in [0.15, 0.2) is 0 Å². The van der Waals surface area contributed by atoms with Crippen LogP contribution in [0.4, 0.5) is 0 Å². The van der Waals surface area contributed by atoms with Gasteiger partial charge < -0.3 is 4.98 Å². The molecule has 0 saturated carbocycles. The predicted octanol–water partition coefficient (Wildman–Crippen LogP) is 3.13. The third kappa shape index (κ3) is 0.890. The van der Waals surface area contributed by atoms with Gasteiger partial charge in [-0.25, -0.2) is 0 Å². The van der Waals surface area contributed by atoms with E-state index in [4.69, 9.17) is 0 Å². The van der Waals surface area contributed by atoms with Crippen molar-refractivity contribution in [3.63, 3.8) is 0 Å². The fraction of sp³-hybridized carbons (Fsp3) is 0.0714. The lowest BCUT2D eigenvalue weighted by molar-refractivity contribution is 1.16. The summed E-state index contributed by atoms with van der Waals surface area (Å²) in [7, 11) is 0. The van der Waals surface area contributed by atoms with Crippen LogP contribution >= 0.6 is 0 Å². The van der Waals surface area contributed by atoms with Crippen LogP contribution in [-0.2, 0) is 6.42 Å². The van der Waals surface area contributed by atoms with Gasteiger partial charge in [-0.1, -0.05) is 24.3 Å². The highest BCUT2D eigenvalue weighted by Crippen LogP contribution is 2.39. The molecule has 1 aliphatic rings. The molecule has 0 spiro atoms. The summed E-state index contributed by atoms with van der Waals surface area (Å²) in [6, 6.07) is 12.6. The number of nitrogens with zero attached hydrogens (tertiary/aromatic N) is 1. The van der Waals surface area contributed by atoms with Crippen LogP contribution in [0.2, 0.25) is 0 Å². The molecule has 0 bridgehead atoms. The second-order valence-electron chi connectivity index (χ2n) is 4.21. The average molecular weight is 206 g/mol. The molecule has 0 radical (unpaired) electrons. The third-order valence-corrected chi connectivity index (χ3v) is 3.28. The highest BCUT2D eigenvalue weighted by molar-refractivity contribution is 5.99. The Morgan fingerprint density at radius 1 is 1.06 bits per heavy atom. The van der Waals surface area contributed by atoms with E-state index in [0.717, 1.165) is 12.1 Å². The molecule has 0 atom stereocenters. The first-order chi connectivity index (χ1) is 7.93. The van der Waals surface area contributed by atoms with E-state index >= 15 is 0 Å². The van der Waals surface area contributed by atoms with Crippen LogP contribution in [0.15, 0.2) is 42.6 Å². The molecule has 0 fully saturated rings. The predicted molar refractivity (Wildman–Crippen MR) is 64.3 cm³/mol. The van der Waals surface area contributed by atoms with Gasteiger partial charge in [0.1, 0.15) is 0 Å². The summed E-state index contributed by atoms with van der Waals surface area (Å²) in [4.78, 5) is 7.99. The first-order valence-electron chi connectivity index (χ1n) is 5.47. The molecule has 0 aliphatic heterocycles. The highest BCUT2D eigenvalue weighted by atomic mass is 14.8. The molecule has 76 valence electrons. The number of hydrogen-bond acceptors (Lipinski definition) is 1. The highest BCUT2D eigenvalue weighted by Gasteiger charge is 2.23. The Kier molecular flexibility index (Phi) is 1.38. The van der Waals surface area contributed by atoms with Crippen molar-refractivity contribution in [3.05, 3.63) is 53.9 Å². The fourth-order valence-electron chi connectivity index (χ4n) is 2.60. The summed E-state index contributed by atoms with van der Waals surface area (Å²) in [5.74, 6) is 0. The van der Waals surface area contributed by atoms with Gasteiger partial charge in [0, 0.05) is 34.8 Å². The lowest BCUT2D eigenvalue weighted by Gasteiger charge is -1.98. The maximum absolute atomic E-state index is 4.50. The molecule has 0 amide bonds. The monoisotopic (exact) mass is 206 g/mol. The van der Waals surface area contributed by atoms with Gasteiger partial charge in [0.2, 0.25) is 0 Å². The van der Waals surface area contributed by atoms with Crippen LogP contribution in [0, 0.1) is 0 Å². The Hall–Kier alpha value is -2.09. The molecule has 2 aromatic heterocycles. The van der Waals surface area contributed by atoms with Crippen LogP contribution in [-0.4, -0.2) is 9.97 Å². The van der Waals surface area contributed by atoms with E-state index < -0.39 is 0 Å². The second kappa shape index (κ2) is 2.73. The molecule has 1 N–H and O–H groups in total. The van der Waals surface area contributed by atoms with E-state index in [1.807, 2.05) is 12.3 Å². The van der Waals surface area contributed by atoms with E-state index in [9.17, 15) is 0 Å². The van der Waals surface area contributed by atoms with Crippen LogP contribution in [0.1, 0.15) is 11.3 Å². The number of H-pyrrole nitrogens is 1. The zero-order valence-electron chi connectivity index (χ0n) is 8.70. The zero-order valence-corrected chi connectivity index (χ0v) is 8.70. The van der Waals surface area contributed by atoms with Crippen molar-refractivity contribution in [2.45, 2.75) is 6.42 Å². The van der Waals surface area contributed by atoms with E-state index in [0.29, 0.717) is 0 Å². The Morgan fingerprint density at radius 2 is 2.00 bits per heavy atom. The minimum atomic E-state index is 0.979. The molecule has 1 aliphatic carbocycles. The molecule has 1 aromatic carbocycles. The van der Waals surface area contributed by atoms with Gasteiger partial charge in [0.25, 0.3) is 0 Å². The van der Waals surface area contributed by atoms with Crippen LogP contribution in [0.25, 0.3) is 22.2 Å². The topological polar surface area (TPSA) is 28.7 Å². The van der Waals surface area contributed by atoms with Gasteiger partial charge in [-0.2, -0.15) is 0 Å². The van der Waals surface area contributed by atoms with Crippen molar-refractivity contribution in [3.8, 4) is 11.3 Å². The lowest BCUT2D eigenvalue weighted by Crippen LogP contribution is -1.84. The summed E-state index contributed by atoms with van der Waals surface area (Å²) < 4.78 is 0. The largest absolute Gasteiger partial charge is 0.358 e. The van der Waals surface area contributed by atoms with E-state index in [2.05, 4.69) is 40.3 Å². The van der Waals surface area contributed by atoms with Crippen molar-refractivity contribution >= 4 is 10.9 Å². The molecule has 2 heterocycles. The molecule has 16 heavy (non-hydrogen) atoms. The molecule has 0 saturated heterocycles. The Morgan fingerprint density at radius 3 is 3.00 bits per heavy atom. The number of hydrogen-bond donors (Lipinski definition) is 1.